The number of hydrogen-bond acceptors (Lipinski definition) is 2. The van der Waals surface area contributed by atoms with E-state index in [1.54, 1.807) is 30.3 Å². The second-order valence-corrected chi connectivity index (χ2v) is 3.94. The fraction of sp³-hybridized carbons (Fsp3) is 0.154. The molecule has 4 heteroatoms. The number of hydrogen-bond donors (Lipinski definition) is 0. The maximum absolute atomic E-state index is 11.8. The summed E-state index contributed by atoms with van der Waals surface area (Å²) in [4.78, 5) is 11.8. The molecule has 0 saturated carbocycles. The van der Waals surface area contributed by atoms with E-state index in [0.29, 0.717) is 10.4 Å². The van der Waals surface area contributed by atoms with E-state index in [1.807, 2.05) is 19.9 Å². The van der Waals surface area contributed by atoms with Crippen molar-refractivity contribution in [2.24, 2.45) is 0 Å². The predicted molar refractivity (Wildman–Crippen MR) is 68.8 cm³/mol. The lowest BCUT2D eigenvalue weighted by Gasteiger charge is -2.00. The fourth-order valence-corrected chi connectivity index (χ4v) is 1.84. The van der Waals surface area contributed by atoms with Crippen LogP contribution in [-0.2, 0) is 0 Å². The minimum absolute atomic E-state index is 0.395. The van der Waals surface area contributed by atoms with E-state index in [2.05, 4.69) is 0 Å². The Morgan fingerprint density at radius 3 is 2.35 bits per heavy atom. The van der Waals surface area contributed by atoms with Crippen LogP contribution in [0.4, 0.5) is 0 Å². The van der Waals surface area contributed by atoms with Crippen molar-refractivity contribution in [3.63, 3.8) is 0 Å². The summed E-state index contributed by atoms with van der Waals surface area (Å²) in [6.07, 6.45) is 3.61. The first kappa shape index (κ1) is 11.7. The average Bonchev–Trinajstić information content (AvgIpc) is 2.66. The van der Waals surface area contributed by atoms with Gasteiger partial charge < -0.3 is 4.42 Å². The smallest absolute Gasteiger partial charge is 0.408 e. The molecule has 0 radical (unpaired) electrons. The molecule has 0 bridgehead atoms. The summed E-state index contributed by atoms with van der Waals surface area (Å²) in [5.41, 5.74) is 1.32. The highest BCUT2D eigenvalue weighted by Crippen LogP contribution is 2.10. The summed E-state index contributed by atoms with van der Waals surface area (Å²) >= 11 is 5.82. The van der Waals surface area contributed by atoms with E-state index in [9.17, 15) is 4.79 Å². The highest BCUT2D eigenvalue weighted by atomic mass is 35.5. The Kier molecular flexibility index (Phi) is 3.20. The minimum atomic E-state index is -0.395. The molecule has 0 N–H and O–H groups in total. The van der Waals surface area contributed by atoms with E-state index < -0.39 is 5.76 Å². The van der Waals surface area contributed by atoms with E-state index >= 15 is 0 Å². The van der Waals surface area contributed by atoms with Crippen LogP contribution >= 0.6 is 11.6 Å². The highest BCUT2D eigenvalue weighted by molar-refractivity contribution is 6.30. The van der Waals surface area contributed by atoms with Gasteiger partial charge in [-0.2, -0.15) is 0 Å². The molecule has 0 saturated heterocycles. The second kappa shape index (κ2) is 4.63. The van der Waals surface area contributed by atoms with Gasteiger partial charge in [-0.25, -0.2) is 9.36 Å². The number of aromatic nitrogens is 1. The van der Waals surface area contributed by atoms with Crippen molar-refractivity contribution < 1.29 is 4.42 Å². The number of benzene rings is 1. The predicted octanol–water partition coefficient (Wildman–Crippen LogP) is 1.68. The third kappa shape index (κ3) is 2.06. The molecule has 3 nitrogen and oxygen atoms in total. The Balaban J connectivity index is 2.81. The van der Waals surface area contributed by atoms with Gasteiger partial charge in [-0.15, -0.1) is 0 Å². The van der Waals surface area contributed by atoms with Gasteiger partial charge in [0.15, 0.2) is 5.42 Å². The molecule has 0 aliphatic rings. The summed E-state index contributed by atoms with van der Waals surface area (Å²) in [5, 5.41) is 1.38. The summed E-state index contributed by atoms with van der Waals surface area (Å²) in [7, 11) is 0. The Bertz CT molecular complexity index is 693. The maximum atomic E-state index is 11.8. The lowest BCUT2D eigenvalue weighted by molar-refractivity contribution is 0.477. The van der Waals surface area contributed by atoms with Gasteiger partial charge in [-0.05, 0) is 44.2 Å². The molecule has 1 heterocycles. The summed E-state index contributed by atoms with van der Waals surface area (Å²) in [6, 6.07) is 7.05. The molecule has 0 amide bonds. The Morgan fingerprint density at radius 2 is 1.82 bits per heavy atom. The average molecular weight is 250 g/mol. The SMILES string of the molecule is C/C=c1\oc(=O)n(-c2ccc(Cl)cc2)\c1=C\C. The van der Waals surface area contributed by atoms with Crippen LogP contribution in [0.2, 0.25) is 5.02 Å². The molecule has 0 unspecified atom stereocenters. The van der Waals surface area contributed by atoms with Gasteiger partial charge in [0.1, 0.15) is 0 Å². The summed E-state index contributed by atoms with van der Waals surface area (Å²) in [5.74, 6) is -0.395. The molecule has 88 valence electrons. The lowest BCUT2D eigenvalue weighted by atomic mass is 10.3. The molecule has 2 rings (SSSR count). The molecule has 2 aromatic rings. The lowest BCUT2D eigenvalue weighted by Crippen LogP contribution is -2.30. The van der Waals surface area contributed by atoms with Crippen LogP contribution in [0.15, 0.2) is 33.5 Å². The van der Waals surface area contributed by atoms with Crippen LogP contribution in [0, 0.1) is 0 Å². The zero-order valence-electron chi connectivity index (χ0n) is 9.61. The third-order valence-electron chi connectivity index (χ3n) is 2.49. The molecular formula is C13H12ClNO2. The van der Waals surface area contributed by atoms with Crippen LogP contribution in [0.25, 0.3) is 17.8 Å². The Hall–Kier alpha value is -1.74. The standard InChI is InChI=1S/C13H12ClNO2/c1-3-11-12(4-2)17-13(16)15(11)10-7-5-9(14)6-8-10/h3-8H,1-2H3/b11-3+,12-4-. The Labute approximate surface area is 103 Å². The first-order valence-corrected chi connectivity index (χ1v) is 5.65. The first-order valence-electron chi connectivity index (χ1n) is 5.28. The molecule has 0 aliphatic carbocycles. The maximum Gasteiger partial charge on any atom is 0.424 e. The third-order valence-corrected chi connectivity index (χ3v) is 2.75. The fourth-order valence-electron chi connectivity index (χ4n) is 1.71. The largest absolute Gasteiger partial charge is 0.424 e. The second-order valence-electron chi connectivity index (χ2n) is 3.51. The van der Waals surface area contributed by atoms with Gasteiger partial charge >= 0.3 is 5.76 Å². The first-order chi connectivity index (χ1) is 8.17. The van der Waals surface area contributed by atoms with Crippen molar-refractivity contribution >= 4 is 23.8 Å². The van der Waals surface area contributed by atoms with Crippen molar-refractivity contribution in [1.82, 2.24) is 4.57 Å². The van der Waals surface area contributed by atoms with Crippen molar-refractivity contribution in [1.29, 1.82) is 0 Å². The van der Waals surface area contributed by atoms with Crippen molar-refractivity contribution in [2.45, 2.75) is 13.8 Å². The van der Waals surface area contributed by atoms with E-state index in [1.165, 1.54) is 4.57 Å². The molecular weight excluding hydrogens is 238 g/mol. The van der Waals surface area contributed by atoms with Crippen LogP contribution in [0.1, 0.15) is 13.8 Å². The van der Waals surface area contributed by atoms with Gasteiger partial charge in [0.05, 0.1) is 11.0 Å². The molecule has 0 fully saturated rings. The monoisotopic (exact) mass is 249 g/mol. The van der Waals surface area contributed by atoms with Crippen molar-refractivity contribution in [3.05, 3.63) is 50.6 Å². The normalized spacial score (nSPS) is 13.4. The van der Waals surface area contributed by atoms with Gasteiger partial charge in [0.2, 0.25) is 0 Å². The minimum Gasteiger partial charge on any atom is -0.408 e. The van der Waals surface area contributed by atoms with Crippen LogP contribution in [-0.4, -0.2) is 4.57 Å². The quantitative estimate of drug-likeness (QED) is 0.771. The molecule has 1 aromatic heterocycles. The molecule has 0 atom stereocenters. The van der Waals surface area contributed by atoms with Crippen molar-refractivity contribution in [3.8, 4) is 5.69 Å². The number of rotatable bonds is 1. The number of oxazole rings is 1. The molecule has 0 spiro atoms. The Morgan fingerprint density at radius 1 is 1.18 bits per heavy atom. The van der Waals surface area contributed by atoms with Crippen LogP contribution in [0.3, 0.4) is 0 Å². The molecule has 1 aromatic carbocycles. The topological polar surface area (TPSA) is 35.1 Å². The summed E-state index contributed by atoms with van der Waals surface area (Å²) < 4.78 is 6.68. The number of nitrogens with zero attached hydrogens (tertiary/aromatic N) is 1. The van der Waals surface area contributed by atoms with Crippen LogP contribution in [0.5, 0.6) is 0 Å². The van der Waals surface area contributed by atoms with E-state index in [4.69, 9.17) is 16.0 Å². The number of halogens is 1. The van der Waals surface area contributed by atoms with Crippen molar-refractivity contribution in [2.75, 3.05) is 0 Å². The van der Waals surface area contributed by atoms with Crippen LogP contribution < -0.4 is 16.5 Å². The van der Waals surface area contributed by atoms with Gasteiger partial charge in [-0.3, -0.25) is 0 Å². The van der Waals surface area contributed by atoms with Gasteiger partial charge in [-0.1, -0.05) is 17.7 Å². The zero-order valence-corrected chi connectivity index (χ0v) is 10.4. The van der Waals surface area contributed by atoms with Gasteiger partial charge in [0, 0.05) is 5.02 Å². The highest BCUT2D eigenvalue weighted by Gasteiger charge is 2.06. The molecule has 0 aliphatic heterocycles. The summed E-state index contributed by atoms with van der Waals surface area (Å²) in [6.45, 7) is 3.70. The van der Waals surface area contributed by atoms with E-state index in [0.717, 1.165) is 11.0 Å². The molecule has 17 heavy (non-hydrogen) atoms. The zero-order chi connectivity index (χ0) is 12.4. The van der Waals surface area contributed by atoms with Gasteiger partial charge in [0.25, 0.3) is 0 Å². The van der Waals surface area contributed by atoms with E-state index in [-0.39, 0.29) is 0 Å².